The van der Waals surface area contributed by atoms with Crippen LogP contribution in [-0.2, 0) is 10.0 Å². The summed E-state index contributed by atoms with van der Waals surface area (Å²) in [7, 11) is -3.81. The van der Waals surface area contributed by atoms with Gasteiger partial charge in [0.25, 0.3) is 15.9 Å². The molecule has 3 rings (SSSR count). The average molecular weight is 384 g/mol. The van der Waals surface area contributed by atoms with E-state index < -0.39 is 15.9 Å². The van der Waals surface area contributed by atoms with Crippen LogP contribution in [0, 0.1) is 20.8 Å². The Morgan fingerprint density at radius 1 is 0.926 bits per heavy atom. The summed E-state index contributed by atoms with van der Waals surface area (Å²) in [6.45, 7) is 5.35. The van der Waals surface area contributed by atoms with E-state index in [2.05, 4.69) is 10.0 Å². The molecule has 0 aliphatic carbocycles. The summed E-state index contributed by atoms with van der Waals surface area (Å²) in [5, 5.41) is 2.67. The first-order chi connectivity index (χ1) is 12.8. The fourth-order valence-corrected chi connectivity index (χ4v) is 4.00. The summed E-state index contributed by atoms with van der Waals surface area (Å²) in [5.74, 6) is -0.241. The van der Waals surface area contributed by atoms with Crippen LogP contribution in [0.15, 0.2) is 64.1 Å². The van der Waals surface area contributed by atoms with Crippen molar-refractivity contribution in [2.45, 2.75) is 25.7 Å². The third-order valence-corrected chi connectivity index (χ3v) is 5.60. The van der Waals surface area contributed by atoms with Crippen molar-refractivity contribution in [2.24, 2.45) is 0 Å². The predicted octanol–water partition coefficient (Wildman–Crippen LogP) is 4.26. The molecule has 0 saturated heterocycles. The number of hydrogen-bond donors (Lipinski definition) is 2. The highest BCUT2D eigenvalue weighted by molar-refractivity contribution is 7.92. The summed E-state index contributed by atoms with van der Waals surface area (Å²) in [5.41, 5.74) is 3.07. The molecule has 0 aliphatic heterocycles. The molecule has 0 bridgehead atoms. The Balaban J connectivity index is 1.88. The third kappa shape index (κ3) is 4.20. The van der Waals surface area contributed by atoms with Gasteiger partial charge in [-0.25, -0.2) is 8.42 Å². The third-order valence-electron chi connectivity index (χ3n) is 4.07. The van der Waals surface area contributed by atoms with Gasteiger partial charge in [-0.3, -0.25) is 9.52 Å². The second kappa shape index (κ2) is 7.28. The van der Waals surface area contributed by atoms with Crippen molar-refractivity contribution in [3.63, 3.8) is 0 Å². The molecule has 1 aromatic heterocycles. The number of sulfonamides is 1. The summed E-state index contributed by atoms with van der Waals surface area (Å²) in [6.07, 6.45) is 1.43. The first kappa shape index (κ1) is 18.7. The van der Waals surface area contributed by atoms with Crippen molar-refractivity contribution in [1.29, 1.82) is 0 Å². The molecular formula is C20H20N2O4S. The molecule has 0 spiro atoms. The van der Waals surface area contributed by atoms with Gasteiger partial charge in [-0.15, -0.1) is 0 Å². The number of nitrogens with one attached hydrogen (secondary N) is 2. The van der Waals surface area contributed by atoms with E-state index in [9.17, 15) is 13.2 Å². The zero-order chi connectivity index (χ0) is 19.6. The van der Waals surface area contributed by atoms with Gasteiger partial charge in [0.15, 0.2) is 5.76 Å². The maximum atomic E-state index is 12.8. The summed E-state index contributed by atoms with van der Waals surface area (Å²) >= 11 is 0. The molecule has 2 N–H and O–H groups in total. The Labute approximate surface area is 158 Å². The van der Waals surface area contributed by atoms with Gasteiger partial charge in [0.1, 0.15) is 0 Å². The van der Waals surface area contributed by atoms with Crippen molar-refractivity contribution >= 4 is 27.3 Å². The molecule has 1 heterocycles. The topological polar surface area (TPSA) is 88.4 Å². The second-order valence-corrected chi connectivity index (χ2v) is 7.99. The Bertz CT molecular complexity index is 1100. The summed E-state index contributed by atoms with van der Waals surface area (Å²) < 4.78 is 33.4. The van der Waals surface area contributed by atoms with E-state index in [1.165, 1.54) is 12.3 Å². The fourth-order valence-electron chi connectivity index (χ4n) is 2.68. The van der Waals surface area contributed by atoms with Crippen molar-refractivity contribution in [3.05, 3.63) is 77.2 Å². The quantitative estimate of drug-likeness (QED) is 0.688. The molecule has 0 radical (unpaired) electrons. The summed E-state index contributed by atoms with van der Waals surface area (Å²) in [6, 6.07) is 13.5. The highest BCUT2D eigenvalue weighted by atomic mass is 32.2. The van der Waals surface area contributed by atoms with Crippen molar-refractivity contribution in [1.82, 2.24) is 0 Å². The predicted molar refractivity (Wildman–Crippen MR) is 105 cm³/mol. The lowest BCUT2D eigenvalue weighted by Crippen LogP contribution is -2.16. The maximum absolute atomic E-state index is 12.8. The van der Waals surface area contributed by atoms with Crippen LogP contribution in [0.25, 0.3) is 0 Å². The van der Waals surface area contributed by atoms with Crippen molar-refractivity contribution < 1.29 is 17.6 Å². The normalized spacial score (nSPS) is 11.2. The van der Waals surface area contributed by atoms with Gasteiger partial charge in [-0.2, -0.15) is 0 Å². The van der Waals surface area contributed by atoms with E-state index >= 15 is 0 Å². The van der Waals surface area contributed by atoms with E-state index in [1.807, 2.05) is 13.0 Å². The smallest absolute Gasteiger partial charge is 0.291 e. The molecule has 0 unspecified atom stereocenters. The van der Waals surface area contributed by atoms with E-state index in [0.717, 1.165) is 5.56 Å². The Kier molecular flexibility index (Phi) is 5.05. The van der Waals surface area contributed by atoms with Crippen LogP contribution in [0.5, 0.6) is 0 Å². The number of anilines is 2. The molecule has 0 atom stereocenters. The van der Waals surface area contributed by atoms with Crippen LogP contribution in [0.2, 0.25) is 0 Å². The van der Waals surface area contributed by atoms with Crippen LogP contribution >= 0.6 is 0 Å². The molecule has 27 heavy (non-hydrogen) atoms. The number of carbonyl (C=O) groups is 1. The molecule has 0 saturated carbocycles. The molecule has 0 fully saturated rings. The van der Waals surface area contributed by atoms with Gasteiger partial charge in [-0.1, -0.05) is 18.2 Å². The number of rotatable bonds is 5. The van der Waals surface area contributed by atoms with Crippen LogP contribution in [0.3, 0.4) is 0 Å². The number of furan rings is 1. The first-order valence-corrected chi connectivity index (χ1v) is 9.80. The van der Waals surface area contributed by atoms with Gasteiger partial charge in [0.2, 0.25) is 0 Å². The molecular weight excluding hydrogens is 364 g/mol. The largest absolute Gasteiger partial charge is 0.459 e. The monoisotopic (exact) mass is 384 g/mol. The lowest BCUT2D eigenvalue weighted by Gasteiger charge is -2.13. The van der Waals surface area contributed by atoms with E-state index in [0.29, 0.717) is 22.5 Å². The molecule has 3 aromatic rings. The molecule has 7 heteroatoms. The van der Waals surface area contributed by atoms with E-state index in [1.54, 1.807) is 50.2 Å². The Morgan fingerprint density at radius 3 is 2.37 bits per heavy atom. The fraction of sp³-hybridized carbons (Fsp3) is 0.150. The highest BCUT2D eigenvalue weighted by Gasteiger charge is 2.19. The Hall–Kier alpha value is -3.06. The number of amides is 1. The lowest BCUT2D eigenvalue weighted by atomic mass is 10.2. The van der Waals surface area contributed by atoms with E-state index in [4.69, 9.17) is 4.42 Å². The zero-order valence-electron chi connectivity index (χ0n) is 15.2. The van der Waals surface area contributed by atoms with E-state index in [-0.39, 0.29) is 10.7 Å². The SMILES string of the molecule is Cc1cccc(NS(=O)(=O)c2cc(NC(=O)c3occc3C)ccc2C)c1. The maximum Gasteiger partial charge on any atom is 0.291 e. The minimum Gasteiger partial charge on any atom is -0.459 e. The molecule has 1 amide bonds. The minimum atomic E-state index is -3.81. The number of benzene rings is 2. The summed E-state index contributed by atoms with van der Waals surface area (Å²) in [4.78, 5) is 12.4. The van der Waals surface area contributed by atoms with Crippen molar-refractivity contribution in [2.75, 3.05) is 10.0 Å². The zero-order valence-corrected chi connectivity index (χ0v) is 16.1. The minimum absolute atomic E-state index is 0.0953. The van der Waals surface area contributed by atoms with Gasteiger partial charge in [0.05, 0.1) is 11.2 Å². The number of hydrogen-bond acceptors (Lipinski definition) is 4. The van der Waals surface area contributed by atoms with Gasteiger partial charge in [0, 0.05) is 16.9 Å². The molecule has 6 nitrogen and oxygen atoms in total. The Morgan fingerprint density at radius 2 is 1.70 bits per heavy atom. The van der Waals surface area contributed by atoms with Crippen molar-refractivity contribution in [3.8, 4) is 0 Å². The first-order valence-electron chi connectivity index (χ1n) is 8.32. The van der Waals surface area contributed by atoms with Crippen LogP contribution in [-0.4, -0.2) is 14.3 Å². The van der Waals surface area contributed by atoms with Crippen LogP contribution in [0.4, 0.5) is 11.4 Å². The lowest BCUT2D eigenvalue weighted by molar-refractivity contribution is 0.0996. The van der Waals surface area contributed by atoms with Gasteiger partial charge < -0.3 is 9.73 Å². The second-order valence-electron chi connectivity index (χ2n) is 6.34. The number of aryl methyl sites for hydroxylation is 3. The highest BCUT2D eigenvalue weighted by Crippen LogP contribution is 2.24. The van der Waals surface area contributed by atoms with Crippen LogP contribution < -0.4 is 10.0 Å². The average Bonchev–Trinajstić information content (AvgIpc) is 3.02. The van der Waals surface area contributed by atoms with Gasteiger partial charge in [-0.05, 0) is 62.2 Å². The standard InChI is InChI=1S/C20H20N2O4S/c1-13-5-4-6-17(11-13)22-27(24,25)18-12-16(8-7-14(18)2)21-20(23)19-15(3)9-10-26-19/h4-12,22H,1-3H3,(H,21,23). The molecule has 2 aromatic carbocycles. The molecule has 0 aliphatic rings. The number of carbonyl (C=O) groups excluding carboxylic acids is 1. The van der Waals surface area contributed by atoms with Crippen LogP contribution in [0.1, 0.15) is 27.2 Å². The van der Waals surface area contributed by atoms with Gasteiger partial charge >= 0.3 is 0 Å². The molecule has 140 valence electrons.